The van der Waals surface area contributed by atoms with Gasteiger partial charge in [-0.1, -0.05) is 18.2 Å². The van der Waals surface area contributed by atoms with Gasteiger partial charge in [-0.3, -0.25) is 14.4 Å². The molecule has 3 amide bonds. The molecule has 0 spiro atoms. The van der Waals surface area contributed by atoms with E-state index in [4.69, 9.17) is 0 Å². The van der Waals surface area contributed by atoms with E-state index in [0.29, 0.717) is 11.3 Å². The summed E-state index contributed by atoms with van der Waals surface area (Å²) in [6.45, 7) is 1.90. The summed E-state index contributed by atoms with van der Waals surface area (Å²) < 4.78 is 1.71. The predicted octanol–water partition coefficient (Wildman–Crippen LogP) is 2.06. The minimum Gasteiger partial charge on any atom is -0.352 e. The molecule has 0 saturated carbocycles. The largest absolute Gasteiger partial charge is 0.352 e. The van der Waals surface area contributed by atoms with Crippen molar-refractivity contribution in [2.75, 3.05) is 18.4 Å². The van der Waals surface area contributed by atoms with Crippen molar-refractivity contribution in [3.63, 3.8) is 0 Å². The highest BCUT2D eigenvalue weighted by atomic mass is 16.2. The molecule has 0 aliphatic rings. The number of hydrogen-bond acceptors (Lipinski definition) is 4. The Morgan fingerprint density at radius 2 is 1.70 bits per heavy atom. The van der Waals surface area contributed by atoms with Gasteiger partial charge in [-0.05, 0) is 48.9 Å². The maximum absolute atomic E-state index is 12.1. The normalized spacial score (nSPS) is 10.3. The molecule has 0 aliphatic carbocycles. The van der Waals surface area contributed by atoms with Crippen LogP contribution in [0.25, 0.3) is 5.69 Å². The van der Waals surface area contributed by atoms with Crippen LogP contribution < -0.4 is 16.0 Å². The number of aromatic nitrogens is 2. The van der Waals surface area contributed by atoms with Gasteiger partial charge in [-0.25, -0.2) is 4.68 Å². The van der Waals surface area contributed by atoms with Gasteiger partial charge in [0, 0.05) is 36.6 Å². The summed E-state index contributed by atoms with van der Waals surface area (Å²) in [7, 11) is 0. The zero-order valence-electron chi connectivity index (χ0n) is 16.6. The number of amides is 3. The zero-order valence-corrected chi connectivity index (χ0v) is 16.6. The number of rotatable bonds is 8. The van der Waals surface area contributed by atoms with Crippen LogP contribution in [0.15, 0.2) is 67.0 Å². The molecule has 0 fully saturated rings. The summed E-state index contributed by atoms with van der Waals surface area (Å²) in [6, 6.07) is 16.2. The predicted molar refractivity (Wildman–Crippen MR) is 113 cm³/mol. The first kappa shape index (κ1) is 20.8. The number of carbonyl (C=O) groups is 3. The molecule has 3 rings (SSSR count). The summed E-state index contributed by atoms with van der Waals surface area (Å²) in [6.07, 6.45) is 3.60. The minimum atomic E-state index is -0.334. The SMILES string of the molecule is Cc1ccccc1C(=O)NCCC(=O)NCC(=O)Nc1ccc(-n2cccn2)cc1. The van der Waals surface area contributed by atoms with E-state index < -0.39 is 0 Å². The van der Waals surface area contributed by atoms with Gasteiger partial charge < -0.3 is 16.0 Å². The number of nitrogens with zero attached hydrogens (tertiary/aromatic N) is 2. The van der Waals surface area contributed by atoms with Crippen LogP contribution in [0.1, 0.15) is 22.3 Å². The van der Waals surface area contributed by atoms with Gasteiger partial charge in [0.2, 0.25) is 11.8 Å². The van der Waals surface area contributed by atoms with Crippen molar-refractivity contribution in [2.45, 2.75) is 13.3 Å². The first-order valence-corrected chi connectivity index (χ1v) is 9.53. The summed E-state index contributed by atoms with van der Waals surface area (Å²) in [4.78, 5) is 36.0. The van der Waals surface area contributed by atoms with Crippen LogP contribution in [0.4, 0.5) is 5.69 Å². The highest BCUT2D eigenvalue weighted by Crippen LogP contribution is 2.12. The average Bonchev–Trinajstić information content (AvgIpc) is 3.28. The van der Waals surface area contributed by atoms with Crippen molar-refractivity contribution in [3.8, 4) is 5.69 Å². The van der Waals surface area contributed by atoms with E-state index in [9.17, 15) is 14.4 Å². The molecule has 8 nitrogen and oxygen atoms in total. The quantitative estimate of drug-likeness (QED) is 0.533. The molecule has 0 radical (unpaired) electrons. The van der Waals surface area contributed by atoms with Crippen molar-refractivity contribution in [1.82, 2.24) is 20.4 Å². The third kappa shape index (κ3) is 5.78. The smallest absolute Gasteiger partial charge is 0.251 e. The van der Waals surface area contributed by atoms with Gasteiger partial charge in [0.05, 0.1) is 12.2 Å². The molecule has 2 aromatic carbocycles. The number of nitrogens with one attached hydrogen (secondary N) is 3. The molecule has 8 heteroatoms. The van der Waals surface area contributed by atoms with Crippen molar-refractivity contribution in [1.29, 1.82) is 0 Å². The number of carbonyl (C=O) groups excluding carboxylic acids is 3. The fraction of sp³-hybridized carbons (Fsp3) is 0.182. The Morgan fingerprint density at radius 3 is 2.40 bits per heavy atom. The Bertz CT molecular complexity index is 1010. The molecule has 1 heterocycles. The third-order valence-corrected chi connectivity index (χ3v) is 4.39. The molecule has 0 aliphatic heterocycles. The molecule has 154 valence electrons. The number of aryl methyl sites for hydroxylation is 1. The first-order valence-electron chi connectivity index (χ1n) is 9.53. The Labute approximate surface area is 174 Å². The second kappa shape index (κ2) is 10.0. The topological polar surface area (TPSA) is 105 Å². The molecule has 0 saturated heterocycles. The van der Waals surface area contributed by atoms with Crippen LogP contribution in [0, 0.1) is 6.92 Å². The summed E-state index contributed by atoms with van der Waals surface area (Å²) in [5, 5.41) is 12.1. The molecule has 30 heavy (non-hydrogen) atoms. The van der Waals surface area contributed by atoms with Crippen LogP contribution in [0.5, 0.6) is 0 Å². The lowest BCUT2D eigenvalue weighted by atomic mass is 10.1. The first-order chi connectivity index (χ1) is 14.5. The molecule has 3 N–H and O–H groups in total. The summed E-state index contributed by atoms with van der Waals surface area (Å²) in [5.41, 5.74) is 2.94. The highest BCUT2D eigenvalue weighted by molar-refractivity contribution is 5.96. The van der Waals surface area contributed by atoms with Gasteiger partial charge in [-0.15, -0.1) is 0 Å². The lowest BCUT2D eigenvalue weighted by Gasteiger charge is -2.09. The average molecular weight is 405 g/mol. The second-order valence-electron chi connectivity index (χ2n) is 6.64. The zero-order chi connectivity index (χ0) is 21.3. The Hall–Kier alpha value is -3.94. The monoisotopic (exact) mass is 405 g/mol. The van der Waals surface area contributed by atoms with Gasteiger partial charge in [0.25, 0.3) is 5.91 Å². The van der Waals surface area contributed by atoms with Crippen LogP contribution in [0.2, 0.25) is 0 Å². The fourth-order valence-corrected chi connectivity index (χ4v) is 2.80. The number of anilines is 1. The van der Waals surface area contributed by atoms with E-state index in [2.05, 4.69) is 21.0 Å². The van der Waals surface area contributed by atoms with Gasteiger partial charge >= 0.3 is 0 Å². The van der Waals surface area contributed by atoms with Crippen LogP contribution in [0.3, 0.4) is 0 Å². The van der Waals surface area contributed by atoms with Crippen LogP contribution >= 0.6 is 0 Å². The van der Waals surface area contributed by atoms with E-state index in [1.807, 2.05) is 43.5 Å². The van der Waals surface area contributed by atoms with Crippen LogP contribution in [-0.2, 0) is 9.59 Å². The molecular formula is C22H23N5O3. The maximum atomic E-state index is 12.1. The van der Waals surface area contributed by atoms with E-state index in [-0.39, 0.29) is 37.2 Å². The number of benzene rings is 2. The summed E-state index contributed by atoms with van der Waals surface area (Å²) in [5.74, 6) is -0.874. The molecule has 0 atom stereocenters. The second-order valence-corrected chi connectivity index (χ2v) is 6.64. The Balaban J connectivity index is 1.37. The molecule has 0 bridgehead atoms. The molecule has 0 unspecified atom stereocenters. The summed E-state index contributed by atoms with van der Waals surface area (Å²) >= 11 is 0. The fourth-order valence-electron chi connectivity index (χ4n) is 2.80. The van der Waals surface area contributed by atoms with E-state index in [1.54, 1.807) is 35.1 Å². The van der Waals surface area contributed by atoms with E-state index in [0.717, 1.165) is 11.3 Å². The highest BCUT2D eigenvalue weighted by Gasteiger charge is 2.10. The molecule has 3 aromatic rings. The molecule has 1 aromatic heterocycles. The van der Waals surface area contributed by atoms with Crippen molar-refractivity contribution in [2.24, 2.45) is 0 Å². The van der Waals surface area contributed by atoms with Gasteiger partial charge in [0.1, 0.15) is 0 Å². The Morgan fingerprint density at radius 1 is 0.933 bits per heavy atom. The molecular weight excluding hydrogens is 382 g/mol. The van der Waals surface area contributed by atoms with Gasteiger partial charge in [0.15, 0.2) is 0 Å². The standard InChI is InChI=1S/C22H23N5O3/c1-16-5-2-3-6-19(16)22(30)23-13-11-20(28)24-15-21(29)26-17-7-9-18(10-8-17)27-14-4-12-25-27/h2-10,12,14H,11,13,15H2,1H3,(H,23,30)(H,24,28)(H,26,29). The number of hydrogen-bond donors (Lipinski definition) is 3. The van der Waals surface area contributed by atoms with Crippen LogP contribution in [-0.4, -0.2) is 40.6 Å². The lowest BCUT2D eigenvalue weighted by Crippen LogP contribution is -2.35. The maximum Gasteiger partial charge on any atom is 0.251 e. The third-order valence-electron chi connectivity index (χ3n) is 4.39. The van der Waals surface area contributed by atoms with Gasteiger partial charge in [-0.2, -0.15) is 5.10 Å². The van der Waals surface area contributed by atoms with Crippen molar-refractivity contribution < 1.29 is 14.4 Å². The lowest BCUT2D eigenvalue weighted by molar-refractivity contribution is -0.124. The Kier molecular flexibility index (Phi) is 6.94. The van der Waals surface area contributed by atoms with E-state index >= 15 is 0 Å². The van der Waals surface area contributed by atoms with Crippen molar-refractivity contribution >= 4 is 23.4 Å². The van der Waals surface area contributed by atoms with E-state index in [1.165, 1.54) is 0 Å². The minimum absolute atomic E-state index is 0.0868. The van der Waals surface area contributed by atoms with Crippen molar-refractivity contribution in [3.05, 3.63) is 78.1 Å².